The number of urea groups is 1. The molecule has 8 nitrogen and oxygen atoms in total. The highest BCUT2D eigenvalue weighted by molar-refractivity contribution is 7.89. The van der Waals surface area contributed by atoms with Crippen molar-refractivity contribution in [2.24, 2.45) is 0 Å². The fourth-order valence-corrected chi connectivity index (χ4v) is 4.89. The molecule has 1 aromatic rings. The summed E-state index contributed by atoms with van der Waals surface area (Å²) in [7, 11) is -3.77. The Kier molecular flexibility index (Phi) is 8.51. The van der Waals surface area contributed by atoms with Crippen LogP contribution in [0.25, 0.3) is 0 Å². The van der Waals surface area contributed by atoms with Gasteiger partial charge in [0.05, 0.1) is 11.6 Å². The normalized spacial score (nSPS) is 16.0. The second kappa shape index (κ2) is 10.4. The molecule has 0 unspecified atom stereocenters. The molecular formula is C17H24Cl2N4O4S. The molecule has 1 saturated heterocycles. The van der Waals surface area contributed by atoms with Crippen LogP contribution in [0.5, 0.6) is 0 Å². The Bertz CT molecular complexity index is 811. The van der Waals surface area contributed by atoms with E-state index in [1.807, 2.05) is 6.92 Å². The highest BCUT2D eigenvalue weighted by Crippen LogP contribution is 2.28. The average Bonchev–Trinajstić information content (AvgIpc) is 2.64. The number of carbonyl (C=O) groups is 2. The minimum Gasteiger partial charge on any atom is -0.338 e. The Balaban J connectivity index is 1.86. The lowest BCUT2D eigenvalue weighted by atomic mass is 10.3. The third kappa shape index (κ3) is 6.31. The number of sulfonamides is 1. The van der Waals surface area contributed by atoms with Gasteiger partial charge in [-0.1, -0.05) is 36.5 Å². The van der Waals surface area contributed by atoms with Crippen LogP contribution in [0.3, 0.4) is 0 Å². The number of hydrogen-bond donors (Lipinski definition) is 2. The third-order valence-electron chi connectivity index (χ3n) is 4.28. The molecule has 0 radical (unpaired) electrons. The van der Waals surface area contributed by atoms with Gasteiger partial charge in [0.25, 0.3) is 0 Å². The Morgan fingerprint density at radius 1 is 1.14 bits per heavy atom. The molecule has 0 spiro atoms. The van der Waals surface area contributed by atoms with E-state index in [9.17, 15) is 18.0 Å². The number of hydrogen-bond acceptors (Lipinski definition) is 5. The van der Waals surface area contributed by atoms with Crippen LogP contribution >= 0.6 is 23.2 Å². The number of halogens is 2. The molecule has 1 fully saturated rings. The van der Waals surface area contributed by atoms with Gasteiger partial charge in [-0.05, 0) is 24.6 Å². The first-order chi connectivity index (χ1) is 13.2. The van der Waals surface area contributed by atoms with Crippen LogP contribution in [0.1, 0.15) is 19.8 Å². The van der Waals surface area contributed by atoms with E-state index < -0.39 is 22.0 Å². The summed E-state index contributed by atoms with van der Waals surface area (Å²) in [5.41, 5.74) is 0. The van der Waals surface area contributed by atoms with Crippen molar-refractivity contribution < 1.29 is 18.0 Å². The Labute approximate surface area is 175 Å². The van der Waals surface area contributed by atoms with Crippen molar-refractivity contribution >= 4 is 45.2 Å². The molecule has 3 amide bonds. The Morgan fingerprint density at radius 3 is 2.46 bits per heavy atom. The molecule has 0 atom stereocenters. The number of carbonyl (C=O) groups excluding carboxylic acids is 2. The van der Waals surface area contributed by atoms with Crippen molar-refractivity contribution in [1.82, 2.24) is 19.8 Å². The quantitative estimate of drug-likeness (QED) is 0.618. The van der Waals surface area contributed by atoms with Crippen molar-refractivity contribution in [2.45, 2.75) is 24.7 Å². The number of piperazine rings is 1. The lowest BCUT2D eigenvalue weighted by Crippen LogP contribution is -2.52. The van der Waals surface area contributed by atoms with Crippen molar-refractivity contribution in [2.75, 3.05) is 39.3 Å². The minimum absolute atomic E-state index is 0.0208. The van der Waals surface area contributed by atoms with E-state index in [2.05, 4.69) is 10.6 Å². The molecule has 1 aromatic carbocycles. The van der Waals surface area contributed by atoms with Gasteiger partial charge >= 0.3 is 6.03 Å². The van der Waals surface area contributed by atoms with E-state index in [1.165, 1.54) is 22.5 Å². The summed E-state index contributed by atoms with van der Waals surface area (Å²) in [6.45, 7) is 3.68. The van der Waals surface area contributed by atoms with Crippen LogP contribution in [-0.4, -0.2) is 68.8 Å². The molecule has 28 heavy (non-hydrogen) atoms. The summed E-state index contributed by atoms with van der Waals surface area (Å²) < 4.78 is 26.9. The number of nitrogens with one attached hydrogen (secondary N) is 2. The summed E-state index contributed by atoms with van der Waals surface area (Å²) in [4.78, 5) is 25.3. The van der Waals surface area contributed by atoms with E-state index in [0.717, 1.165) is 12.8 Å². The van der Waals surface area contributed by atoms with Crippen LogP contribution in [0.4, 0.5) is 4.79 Å². The molecule has 0 saturated carbocycles. The number of nitrogens with zero attached hydrogens (tertiary/aromatic N) is 2. The minimum atomic E-state index is -3.77. The molecule has 2 N–H and O–H groups in total. The zero-order valence-corrected chi connectivity index (χ0v) is 17.9. The first kappa shape index (κ1) is 22.9. The Morgan fingerprint density at radius 2 is 1.82 bits per heavy atom. The van der Waals surface area contributed by atoms with Crippen LogP contribution in [-0.2, 0) is 14.8 Å². The summed E-state index contributed by atoms with van der Waals surface area (Å²) in [6.07, 6.45) is 1.79. The molecule has 11 heteroatoms. The predicted octanol–water partition coefficient (Wildman–Crippen LogP) is 1.93. The topological polar surface area (TPSA) is 98.8 Å². The van der Waals surface area contributed by atoms with E-state index in [1.54, 1.807) is 4.90 Å². The van der Waals surface area contributed by atoms with E-state index >= 15 is 0 Å². The highest BCUT2D eigenvalue weighted by Gasteiger charge is 2.30. The first-order valence-electron chi connectivity index (χ1n) is 8.99. The van der Waals surface area contributed by atoms with Gasteiger partial charge in [-0.3, -0.25) is 15.0 Å². The SMILES string of the molecule is CCCCNC(=O)NC(=O)CN1CCN(S(=O)(=O)c2cc(Cl)ccc2Cl)CC1. The second-order valence-electron chi connectivity index (χ2n) is 6.41. The van der Waals surface area contributed by atoms with E-state index in [-0.39, 0.29) is 34.6 Å². The average molecular weight is 451 g/mol. The molecule has 1 heterocycles. The fraction of sp³-hybridized carbons (Fsp3) is 0.529. The molecular weight excluding hydrogens is 427 g/mol. The lowest BCUT2D eigenvalue weighted by Gasteiger charge is -2.33. The maximum Gasteiger partial charge on any atom is 0.321 e. The fourth-order valence-electron chi connectivity index (χ4n) is 2.73. The third-order valence-corrected chi connectivity index (χ3v) is 6.89. The predicted molar refractivity (Wildman–Crippen MR) is 108 cm³/mol. The van der Waals surface area contributed by atoms with Gasteiger partial charge < -0.3 is 5.32 Å². The van der Waals surface area contributed by atoms with Crippen LogP contribution < -0.4 is 10.6 Å². The molecule has 1 aliphatic rings. The molecule has 2 rings (SSSR count). The van der Waals surface area contributed by atoms with Gasteiger partial charge in [-0.25, -0.2) is 13.2 Å². The second-order valence-corrected chi connectivity index (χ2v) is 9.16. The van der Waals surface area contributed by atoms with Crippen LogP contribution in [0.2, 0.25) is 10.0 Å². The maximum absolute atomic E-state index is 12.8. The number of benzene rings is 1. The van der Waals surface area contributed by atoms with E-state index in [4.69, 9.17) is 23.2 Å². The number of amides is 3. The standard InChI is InChI=1S/C17H24Cl2N4O4S/c1-2-3-6-20-17(25)21-16(24)12-22-7-9-23(10-8-22)28(26,27)15-11-13(18)4-5-14(15)19/h4-5,11H,2-3,6-10,12H2,1H3,(H2,20,21,24,25). The summed E-state index contributed by atoms with van der Waals surface area (Å²) >= 11 is 11.9. The van der Waals surface area contributed by atoms with Crippen LogP contribution in [0.15, 0.2) is 23.1 Å². The van der Waals surface area contributed by atoms with Gasteiger partial charge in [0, 0.05) is 37.7 Å². The zero-order valence-electron chi connectivity index (χ0n) is 15.6. The number of unbranched alkanes of at least 4 members (excludes halogenated alkanes) is 1. The monoisotopic (exact) mass is 450 g/mol. The van der Waals surface area contributed by atoms with Crippen molar-refractivity contribution in [3.05, 3.63) is 28.2 Å². The largest absolute Gasteiger partial charge is 0.338 e. The number of imide groups is 1. The smallest absolute Gasteiger partial charge is 0.321 e. The highest BCUT2D eigenvalue weighted by atomic mass is 35.5. The van der Waals surface area contributed by atoms with E-state index in [0.29, 0.717) is 19.6 Å². The van der Waals surface area contributed by atoms with Gasteiger partial charge in [0.1, 0.15) is 4.90 Å². The molecule has 0 aliphatic carbocycles. The van der Waals surface area contributed by atoms with Gasteiger partial charge in [0.15, 0.2) is 0 Å². The number of rotatable bonds is 7. The molecule has 1 aliphatic heterocycles. The van der Waals surface area contributed by atoms with Gasteiger partial charge in [-0.15, -0.1) is 0 Å². The van der Waals surface area contributed by atoms with Crippen LogP contribution in [0, 0.1) is 0 Å². The maximum atomic E-state index is 12.8. The van der Waals surface area contributed by atoms with Crippen molar-refractivity contribution in [3.8, 4) is 0 Å². The lowest BCUT2D eigenvalue weighted by molar-refractivity contribution is -0.121. The van der Waals surface area contributed by atoms with Crippen molar-refractivity contribution in [3.63, 3.8) is 0 Å². The summed E-state index contributed by atoms with van der Waals surface area (Å²) in [5.74, 6) is -0.428. The van der Waals surface area contributed by atoms with Crippen molar-refractivity contribution in [1.29, 1.82) is 0 Å². The van der Waals surface area contributed by atoms with Gasteiger partial charge in [-0.2, -0.15) is 4.31 Å². The molecule has 156 valence electrons. The summed E-state index contributed by atoms with van der Waals surface area (Å²) in [5, 5.41) is 5.28. The first-order valence-corrected chi connectivity index (χ1v) is 11.2. The summed E-state index contributed by atoms with van der Waals surface area (Å²) in [6, 6.07) is 3.78. The van der Waals surface area contributed by atoms with Gasteiger partial charge in [0.2, 0.25) is 15.9 Å². The molecule has 0 aromatic heterocycles. The zero-order chi connectivity index (χ0) is 20.7. The Hall–Kier alpha value is -1.39. The molecule has 0 bridgehead atoms.